The zero-order valence-corrected chi connectivity index (χ0v) is 22.6. The molecule has 0 N–H and O–H groups in total. The van der Waals surface area contributed by atoms with Gasteiger partial charge in [-0.15, -0.1) is 0 Å². The molecule has 1 aromatic carbocycles. The molecule has 0 aromatic heterocycles. The van der Waals surface area contributed by atoms with E-state index in [9.17, 15) is 4.79 Å². The van der Waals surface area contributed by atoms with Crippen LogP contribution in [0.1, 0.15) is 91.5 Å². The molecule has 0 bridgehead atoms. The van der Waals surface area contributed by atoms with Gasteiger partial charge in [-0.05, 0) is 112 Å². The molecule has 0 radical (unpaired) electrons. The first-order chi connectivity index (χ1) is 16.7. The van der Waals surface area contributed by atoms with Gasteiger partial charge in [-0.25, -0.2) is 0 Å². The van der Waals surface area contributed by atoms with E-state index < -0.39 is 5.41 Å². The van der Waals surface area contributed by atoms with Gasteiger partial charge in [-0.1, -0.05) is 55.8 Å². The minimum atomic E-state index is -0.506. The molecule has 0 unspecified atom stereocenters. The predicted octanol–water partition coefficient (Wildman–Crippen LogP) is 7.74. The summed E-state index contributed by atoms with van der Waals surface area (Å²) >= 11 is 0. The van der Waals surface area contributed by atoms with E-state index >= 15 is 0 Å². The van der Waals surface area contributed by atoms with Crippen LogP contribution < -0.4 is 0 Å². The molecular weight excluding hydrogens is 432 g/mol. The fourth-order valence-electron chi connectivity index (χ4n) is 8.83. The molecule has 0 spiro atoms. The van der Waals surface area contributed by atoms with Crippen LogP contribution in [0, 0.1) is 39.9 Å². The van der Waals surface area contributed by atoms with E-state index in [2.05, 4.69) is 64.1 Å². The van der Waals surface area contributed by atoms with Crippen LogP contribution in [-0.4, -0.2) is 18.7 Å². The topological polar surface area (TPSA) is 35.5 Å². The highest BCUT2D eigenvalue weighted by atomic mass is 16.5. The lowest BCUT2D eigenvalue weighted by Crippen LogP contribution is -2.53. The monoisotopic (exact) mass is 478 g/mol. The van der Waals surface area contributed by atoms with Crippen LogP contribution in [0.4, 0.5) is 0 Å². The van der Waals surface area contributed by atoms with Crippen LogP contribution in [0.15, 0.2) is 42.0 Å². The summed E-state index contributed by atoms with van der Waals surface area (Å²) in [6.07, 6.45) is 12.8. The van der Waals surface area contributed by atoms with Gasteiger partial charge in [-0.3, -0.25) is 4.79 Å². The molecule has 4 aliphatic rings. The van der Waals surface area contributed by atoms with Crippen molar-refractivity contribution < 1.29 is 14.3 Å². The van der Waals surface area contributed by atoms with Crippen molar-refractivity contribution in [2.45, 2.75) is 98.7 Å². The molecule has 4 aliphatic carbocycles. The zero-order chi connectivity index (χ0) is 24.8. The summed E-state index contributed by atoms with van der Waals surface area (Å²) in [5.74, 6) is 3.04. The van der Waals surface area contributed by atoms with Gasteiger partial charge >= 0.3 is 5.97 Å². The van der Waals surface area contributed by atoms with Crippen LogP contribution in [-0.2, 0) is 20.9 Å². The van der Waals surface area contributed by atoms with Crippen molar-refractivity contribution in [1.29, 1.82) is 0 Å². The molecule has 192 valence electrons. The van der Waals surface area contributed by atoms with Gasteiger partial charge in [0.25, 0.3) is 0 Å². The summed E-state index contributed by atoms with van der Waals surface area (Å²) in [6.45, 7) is 12.4. The van der Waals surface area contributed by atoms with E-state index in [0.717, 1.165) is 37.2 Å². The molecule has 35 heavy (non-hydrogen) atoms. The Morgan fingerprint density at radius 3 is 2.49 bits per heavy atom. The van der Waals surface area contributed by atoms with Gasteiger partial charge in [0.1, 0.15) is 0 Å². The van der Waals surface area contributed by atoms with Crippen molar-refractivity contribution in [2.75, 3.05) is 6.61 Å². The number of benzene rings is 1. The lowest BCUT2D eigenvalue weighted by atomic mass is 9.45. The molecule has 5 rings (SSSR count). The maximum absolute atomic E-state index is 12.7. The first kappa shape index (κ1) is 25.1. The van der Waals surface area contributed by atoms with Crippen molar-refractivity contribution in [3.05, 3.63) is 47.5 Å². The quantitative estimate of drug-likeness (QED) is 0.310. The minimum Gasteiger partial charge on any atom is -0.465 e. The summed E-state index contributed by atoms with van der Waals surface area (Å²) in [6, 6.07) is 10.7. The van der Waals surface area contributed by atoms with E-state index in [1.54, 1.807) is 0 Å². The number of rotatable bonds is 6. The van der Waals surface area contributed by atoms with Gasteiger partial charge < -0.3 is 9.47 Å². The summed E-state index contributed by atoms with van der Waals surface area (Å²) in [4.78, 5) is 12.7. The second-order valence-corrected chi connectivity index (χ2v) is 13.0. The van der Waals surface area contributed by atoms with Crippen molar-refractivity contribution in [3.8, 4) is 0 Å². The number of carbonyl (C=O) groups excluding carboxylic acids is 1. The Bertz CT molecular complexity index is 949. The van der Waals surface area contributed by atoms with Gasteiger partial charge in [0.2, 0.25) is 0 Å². The maximum Gasteiger partial charge on any atom is 0.315 e. The standard InChI is InChI=1S/C32H46O3/c1-6-34-29(33)30(2,3)23-16-18-31(4)24(20-23)12-13-25-26-14-15-28(32(26,5)19-17-27(25)31)35-21-22-10-8-7-9-11-22/h7-11,16,24-28H,6,12-15,17-21H2,1-5H3/t24-,25-,26+,27+,28-,31-,32-/m0/s1. The maximum atomic E-state index is 12.7. The molecule has 3 saturated carbocycles. The number of esters is 1. The highest BCUT2D eigenvalue weighted by molar-refractivity contribution is 5.79. The highest BCUT2D eigenvalue weighted by Crippen LogP contribution is 2.67. The molecule has 3 heteroatoms. The molecule has 0 aliphatic heterocycles. The first-order valence-electron chi connectivity index (χ1n) is 14.2. The molecule has 3 nitrogen and oxygen atoms in total. The number of ether oxygens (including phenoxy) is 2. The lowest BCUT2D eigenvalue weighted by Gasteiger charge is -2.60. The van der Waals surface area contributed by atoms with Crippen molar-refractivity contribution in [1.82, 2.24) is 0 Å². The average molecular weight is 479 g/mol. The third-order valence-electron chi connectivity index (χ3n) is 11.1. The van der Waals surface area contributed by atoms with E-state index in [4.69, 9.17) is 9.47 Å². The molecule has 0 amide bonds. The van der Waals surface area contributed by atoms with Crippen molar-refractivity contribution >= 4 is 5.97 Å². The normalized spacial score (nSPS) is 38.7. The average Bonchev–Trinajstić information content (AvgIpc) is 3.19. The molecule has 0 heterocycles. The summed E-state index contributed by atoms with van der Waals surface area (Å²) in [7, 11) is 0. The lowest BCUT2D eigenvalue weighted by molar-refractivity contribution is -0.152. The molecule has 1 aromatic rings. The van der Waals surface area contributed by atoms with Gasteiger partial charge in [0.05, 0.1) is 24.7 Å². The van der Waals surface area contributed by atoms with Gasteiger partial charge in [0, 0.05) is 0 Å². The summed E-state index contributed by atoms with van der Waals surface area (Å²) in [5, 5.41) is 0. The van der Waals surface area contributed by atoms with Crippen LogP contribution in [0.2, 0.25) is 0 Å². The number of carbonyl (C=O) groups is 1. The summed E-state index contributed by atoms with van der Waals surface area (Å²) < 4.78 is 12.0. The Morgan fingerprint density at radius 1 is 1.00 bits per heavy atom. The van der Waals surface area contributed by atoms with Gasteiger partial charge in [-0.2, -0.15) is 0 Å². The van der Waals surface area contributed by atoms with Crippen molar-refractivity contribution in [2.24, 2.45) is 39.9 Å². The third kappa shape index (κ3) is 4.20. The van der Waals surface area contributed by atoms with Crippen LogP contribution in [0.3, 0.4) is 0 Å². The number of fused-ring (bicyclic) bond motifs is 5. The molecule has 0 saturated heterocycles. The predicted molar refractivity (Wildman–Crippen MR) is 141 cm³/mol. The Balaban J connectivity index is 1.30. The molecule has 3 fully saturated rings. The second-order valence-electron chi connectivity index (χ2n) is 13.0. The minimum absolute atomic E-state index is 0.0653. The van der Waals surface area contributed by atoms with E-state index in [1.807, 2.05) is 6.92 Å². The first-order valence-corrected chi connectivity index (χ1v) is 14.2. The smallest absolute Gasteiger partial charge is 0.315 e. The Hall–Kier alpha value is -1.61. The molecule has 7 atom stereocenters. The number of allylic oxidation sites excluding steroid dienone is 1. The fourth-order valence-corrected chi connectivity index (χ4v) is 8.83. The zero-order valence-electron chi connectivity index (χ0n) is 22.6. The Labute approximate surface area is 213 Å². The van der Waals surface area contributed by atoms with Crippen molar-refractivity contribution in [3.63, 3.8) is 0 Å². The second kappa shape index (κ2) is 9.36. The Morgan fingerprint density at radius 2 is 1.74 bits per heavy atom. The van der Waals surface area contributed by atoms with Gasteiger partial charge in [0.15, 0.2) is 0 Å². The van der Waals surface area contributed by atoms with E-state index in [0.29, 0.717) is 29.5 Å². The fraction of sp³-hybridized carbons (Fsp3) is 0.719. The van der Waals surface area contributed by atoms with E-state index in [-0.39, 0.29) is 5.97 Å². The van der Waals surface area contributed by atoms with Crippen LogP contribution in [0.5, 0.6) is 0 Å². The highest BCUT2D eigenvalue weighted by Gasteiger charge is 2.60. The largest absolute Gasteiger partial charge is 0.465 e. The number of hydrogen-bond donors (Lipinski definition) is 0. The molecular formula is C32H46O3. The van der Waals surface area contributed by atoms with Crippen LogP contribution in [0.25, 0.3) is 0 Å². The van der Waals surface area contributed by atoms with E-state index in [1.165, 1.54) is 49.7 Å². The SMILES string of the molecule is CCOC(=O)C(C)(C)C1=CC[C@@]2(C)[C@@H](CC[C@@H]3[C@H]2CC[C@]2(C)[C@@H](OCc4ccccc4)CC[C@H]32)C1. The summed E-state index contributed by atoms with van der Waals surface area (Å²) in [5.41, 5.74) is 2.78. The van der Waals surface area contributed by atoms with Crippen LogP contribution >= 0.6 is 0 Å². The number of hydrogen-bond acceptors (Lipinski definition) is 3. The Kier molecular flexibility index (Phi) is 6.70. The third-order valence-corrected chi connectivity index (χ3v) is 11.1.